The predicted molar refractivity (Wildman–Crippen MR) is 63.0 cm³/mol. The molecule has 0 heterocycles. The van der Waals surface area contributed by atoms with E-state index in [2.05, 4.69) is 45.2 Å². The molecular weight excluding hydrogens is 174 g/mol. The van der Waals surface area contributed by atoms with Crippen molar-refractivity contribution in [2.45, 2.75) is 58.0 Å². The molecule has 0 saturated heterocycles. The van der Waals surface area contributed by atoms with Gasteiger partial charge in [0.25, 0.3) is 0 Å². The summed E-state index contributed by atoms with van der Waals surface area (Å²) < 4.78 is 0. The van der Waals surface area contributed by atoms with Gasteiger partial charge in [-0.3, -0.25) is 11.3 Å². The van der Waals surface area contributed by atoms with Crippen molar-refractivity contribution in [2.24, 2.45) is 5.84 Å². The van der Waals surface area contributed by atoms with E-state index in [-0.39, 0.29) is 5.54 Å². The summed E-state index contributed by atoms with van der Waals surface area (Å²) in [6.45, 7) is 6.70. The first-order chi connectivity index (χ1) is 6.52. The van der Waals surface area contributed by atoms with Crippen LogP contribution in [0.4, 0.5) is 0 Å². The van der Waals surface area contributed by atoms with Crippen LogP contribution in [0.25, 0.3) is 0 Å². The maximum atomic E-state index is 5.64. The van der Waals surface area contributed by atoms with E-state index < -0.39 is 0 Å². The van der Waals surface area contributed by atoms with Crippen molar-refractivity contribution in [3.63, 3.8) is 0 Å². The minimum Gasteiger partial charge on any atom is -0.302 e. The fourth-order valence-corrected chi connectivity index (χ4v) is 1.86. The lowest BCUT2D eigenvalue weighted by Crippen LogP contribution is -2.58. The Kier molecular flexibility index (Phi) is 6.33. The fourth-order valence-electron chi connectivity index (χ4n) is 1.86. The van der Waals surface area contributed by atoms with Gasteiger partial charge in [0, 0.05) is 11.6 Å². The Morgan fingerprint density at radius 3 is 2.21 bits per heavy atom. The minimum atomic E-state index is 0.157. The third-order valence-electron chi connectivity index (χ3n) is 3.54. The van der Waals surface area contributed by atoms with Crippen molar-refractivity contribution in [3.8, 4) is 0 Å². The van der Waals surface area contributed by atoms with E-state index in [1.807, 2.05) is 0 Å². The van der Waals surface area contributed by atoms with E-state index >= 15 is 0 Å². The van der Waals surface area contributed by atoms with E-state index in [0.29, 0.717) is 6.04 Å². The van der Waals surface area contributed by atoms with Gasteiger partial charge in [0.15, 0.2) is 0 Å². The highest BCUT2D eigenvalue weighted by molar-refractivity contribution is 4.92. The van der Waals surface area contributed by atoms with Crippen molar-refractivity contribution in [1.82, 2.24) is 10.3 Å². The van der Waals surface area contributed by atoms with Crippen LogP contribution in [0, 0.1) is 0 Å². The van der Waals surface area contributed by atoms with E-state index in [1.54, 1.807) is 0 Å². The molecule has 0 aromatic heterocycles. The highest BCUT2D eigenvalue weighted by Crippen LogP contribution is 2.23. The van der Waals surface area contributed by atoms with Crippen LogP contribution in [-0.2, 0) is 0 Å². The molecule has 2 atom stereocenters. The van der Waals surface area contributed by atoms with Gasteiger partial charge in [-0.2, -0.15) is 0 Å². The maximum Gasteiger partial charge on any atom is 0.0391 e. The number of nitrogens with zero attached hydrogens (tertiary/aromatic N) is 1. The first-order valence-corrected chi connectivity index (χ1v) is 5.66. The highest BCUT2D eigenvalue weighted by Gasteiger charge is 2.33. The summed E-state index contributed by atoms with van der Waals surface area (Å²) in [6.07, 6.45) is 4.72. The topological polar surface area (TPSA) is 41.3 Å². The van der Waals surface area contributed by atoms with Crippen molar-refractivity contribution in [1.29, 1.82) is 0 Å². The van der Waals surface area contributed by atoms with Gasteiger partial charge >= 0.3 is 0 Å². The van der Waals surface area contributed by atoms with Crippen LogP contribution in [-0.4, -0.2) is 30.6 Å². The molecule has 86 valence electrons. The summed E-state index contributed by atoms with van der Waals surface area (Å²) in [5, 5.41) is 0. The molecular formula is C11H27N3. The van der Waals surface area contributed by atoms with E-state index in [9.17, 15) is 0 Å². The number of hydrogen-bond acceptors (Lipinski definition) is 3. The largest absolute Gasteiger partial charge is 0.302 e. The molecule has 0 aromatic carbocycles. The molecule has 14 heavy (non-hydrogen) atoms. The number of likely N-dealkylation sites (N-methyl/N-ethyl adjacent to an activating group) is 1. The molecule has 0 spiro atoms. The van der Waals surface area contributed by atoms with Crippen LogP contribution in [0.5, 0.6) is 0 Å². The van der Waals surface area contributed by atoms with Crippen molar-refractivity contribution in [3.05, 3.63) is 0 Å². The third-order valence-corrected chi connectivity index (χ3v) is 3.54. The lowest BCUT2D eigenvalue weighted by atomic mass is 9.85. The summed E-state index contributed by atoms with van der Waals surface area (Å²) in [7, 11) is 4.25. The number of unbranched alkanes of at least 4 members (excludes halogenated alkanes) is 1. The Labute approximate surface area is 89.0 Å². The van der Waals surface area contributed by atoms with Gasteiger partial charge < -0.3 is 4.90 Å². The summed E-state index contributed by atoms with van der Waals surface area (Å²) in [6, 6.07) is 0.377. The molecule has 0 aromatic rings. The SMILES string of the molecule is CCCCC(NN)C(C)(CC)N(C)C. The molecule has 0 fully saturated rings. The lowest BCUT2D eigenvalue weighted by Gasteiger charge is -2.42. The Balaban J connectivity index is 4.43. The fraction of sp³-hybridized carbons (Fsp3) is 1.00. The first-order valence-electron chi connectivity index (χ1n) is 5.66. The number of nitrogens with two attached hydrogens (primary N) is 1. The van der Waals surface area contributed by atoms with Crippen molar-refractivity contribution < 1.29 is 0 Å². The maximum absolute atomic E-state index is 5.64. The number of hydrogen-bond donors (Lipinski definition) is 2. The van der Waals surface area contributed by atoms with Crippen LogP contribution in [0.15, 0.2) is 0 Å². The van der Waals surface area contributed by atoms with Gasteiger partial charge in [-0.25, -0.2) is 0 Å². The third kappa shape index (κ3) is 3.23. The summed E-state index contributed by atoms with van der Waals surface area (Å²) in [4.78, 5) is 2.27. The van der Waals surface area contributed by atoms with Crippen molar-refractivity contribution >= 4 is 0 Å². The van der Waals surface area contributed by atoms with Gasteiger partial charge in [0.1, 0.15) is 0 Å². The highest BCUT2D eigenvalue weighted by atomic mass is 15.3. The van der Waals surface area contributed by atoms with Crippen LogP contribution in [0.2, 0.25) is 0 Å². The standard InChI is InChI=1S/C11H27N3/c1-6-8-9-10(13-12)11(3,7-2)14(4)5/h10,13H,6-9,12H2,1-5H3. The molecule has 0 radical (unpaired) electrons. The smallest absolute Gasteiger partial charge is 0.0391 e. The molecule has 3 N–H and O–H groups in total. The molecule has 3 heteroatoms. The Morgan fingerprint density at radius 2 is 1.93 bits per heavy atom. The Bertz CT molecular complexity index is 147. The number of nitrogens with one attached hydrogen (secondary N) is 1. The first kappa shape index (κ1) is 13.9. The summed E-state index contributed by atoms with van der Waals surface area (Å²) >= 11 is 0. The monoisotopic (exact) mass is 201 g/mol. The van der Waals surface area contributed by atoms with E-state index in [0.717, 1.165) is 12.8 Å². The molecule has 3 nitrogen and oxygen atoms in total. The zero-order valence-electron chi connectivity index (χ0n) is 10.4. The van der Waals surface area contributed by atoms with Gasteiger partial charge in [-0.05, 0) is 33.9 Å². The molecule has 0 rings (SSSR count). The van der Waals surface area contributed by atoms with Crippen LogP contribution < -0.4 is 11.3 Å². The average Bonchev–Trinajstić information content (AvgIpc) is 2.18. The predicted octanol–water partition coefficient (Wildman–Crippen LogP) is 1.74. The lowest BCUT2D eigenvalue weighted by molar-refractivity contribution is 0.107. The average molecular weight is 201 g/mol. The van der Waals surface area contributed by atoms with E-state index in [1.165, 1.54) is 12.8 Å². The molecule has 0 aliphatic heterocycles. The van der Waals surface area contributed by atoms with Gasteiger partial charge in [-0.15, -0.1) is 0 Å². The zero-order chi connectivity index (χ0) is 11.2. The van der Waals surface area contributed by atoms with Crippen molar-refractivity contribution in [2.75, 3.05) is 14.1 Å². The van der Waals surface area contributed by atoms with Crippen LogP contribution >= 0.6 is 0 Å². The molecule has 0 aliphatic carbocycles. The second-order valence-corrected chi connectivity index (χ2v) is 4.47. The molecule has 0 bridgehead atoms. The Hall–Kier alpha value is -0.120. The van der Waals surface area contributed by atoms with E-state index in [4.69, 9.17) is 5.84 Å². The number of hydrazine groups is 1. The van der Waals surface area contributed by atoms with Crippen LogP contribution in [0.1, 0.15) is 46.5 Å². The molecule has 0 amide bonds. The van der Waals surface area contributed by atoms with Gasteiger partial charge in [0.05, 0.1) is 0 Å². The summed E-state index contributed by atoms with van der Waals surface area (Å²) in [5.74, 6) is 5.64. The summed E-state index contributed by atoms with van der Waals surface area (Å²) in [5.41, 5.74) is 3.12. The second-order valence-electron chi connectivity index (χ2n) is 4.47. The Morgan fingerprint density at radius 1 is 1.36 bits per heavy atom. The number of rotatable bonds is 7. The second kappa shape index (κ2) is 6.38. The molecule has 0 aliphatic rings. The molecule has 2 unspecified atom stereocenters. The molecule has 0 saturated carbocycles. The van der Waals surface area contributed by atoms with Gasteiger partial charge in [0.2, 0.25) is 0 Å². The minimum absolute atomic E-state index is 0.157. The quantitative estimate of drug-likeness (QED) is 0.487. The van der Waals surface area contributed by atoms with Crippen LogP contribution in [0.3, 0.4) is 0 Å². The zero-order valence-corrected chi connectivity index (χ0v) is 10.4. The normalized spacial score (nSPS) is 18.2. The van der Waals surface area contributed by atoms with Gasteiger partial charge in [-0.1, -0.05) is 26.7 Å².